The predicted molar refractivity (Wildman–Crippen MR) is 212 cm³/mol. The molecule has 1 saturated heterocycles. The van der Waals surface area contributed by atoms with E-state index in [0.717, 1.165) is 27.8 Å². The van der Waals surface area contributed by atoms with Gasteiger partial charge in [-0.2, -0.15) is 4.72 Å². The molecule has 1 aliphatic heterocycles. The van der Waals surface area contributed by atoms with E-state index in [4.69, 9.17) is 9.47 Å². The van der Waals surface area contributed by atoms with Crippen LogP contribution in [0.3, 0.4) is 0 Å². The molecule has 1 amide bonds. The summed E-state index contributed by atoms with van der Waals surface area (Å²) in [5.41, 5.74) is 5.40. The minimum atomic E-state index is -4.02. The first kappa shape index (κ1) is 40.0. The summed E-state index contributed by atoms with van der Waals surface area (Å²) in [6.07, 6.45) is -1.45. The van der Waals surface area contributed by atoms with Gasteiger partial charge in [-0.25, -0.2) is 8.42 Å². The van der Waals surface area contributed by atoms with Crippen LogP contribution in [0.2, 0.25) is 0 Å². The molecule has 0 saturated carbocycles. The molecule has 1 aliphatic rings. The van der Waals surface area contributed by atoms with Gasteiger partial charge >= 0.3 is 0 Å². The van der Waals surface area contributed by atoms with Gasteiger partial charge in [-0.3, -0.25) is 9.69 Å². The van der Waals surface area contributed by atoms with Crippen molar-refractivity contribution in [3.63, 3.8) is 0 Å². The van der Waals surface area contributed by atoms with Crippen molar-refractivity contribution in [3.05, 3.63) is 167 Å². The van der Waals surface area contributed by atoms with Crippen molar-refractivity contribution in [2.75, 3.05) is 18.9 Å². The number of carbonyl (C=O) groups is 1. The van der Waals surface area contributed by atoms with Crippen molar-refractivity contribution >= 4 is 21.6 Å². The smallest absolute Gasteiger partial charge is 0.242 e. The van der Waals surface area contributed by atoms with E-state index in [1.54, 1.807) is 30.3 Å². The highest BCUT2D eigenvalue weighted by Crippen LogP contribution is 2.39. The first-order chi connectivity index (χ1) is 26.5. The molecule has 0 aromatic heterocycles. The molecule has 1 heterocycles. The fourth-order valence-electron chi connectivity index (χ4n) is 6.69. The van der Waals surface area contributed by atoms with Gasteiger partial charge in [0.2, 0.25) is 15.9 Å². The molecule has 5 aromatic carbocycles. The quantitative estimate of drug-likeness (QED) is 0.0935. The number of hydrogen-bond donors (Lipinski definition) is 4. The number of sulfonamides is 1. The number of nitrogens with zero attached hydrogens (tertiary/aromatic N) is 1. The maximum atomic E-state index is 13.9. The zero-order valence-electron chi connectivity index (χ0n) is 31.3. The molecule has 288 valence electrons. The first-order valence-corrected chi connectivity index (χ1v) is 19.9. The molecule has 4 N–H and O–H groups in total. The second-order valence-corrected chi connectivity index (χ2v) is 15.9. The molecular formula is C44H49N3O7S. The molecule has 0 spiro atoms. The summed E-state index contributed by atoms with van der Waals surface area (Å²) in [5.74, 6) is -0.519. The zero-order chi connectivity index (χ0) is 39.0. The molecule has 0 aliphatic carbocycles. The van der Waals surface area contributed by atoms with Gasteiger partial charge in [0.25, 0.3) is 0 Å². The van der Waals surface area contributed by atoms with E-state index in [1.807, 2.05) is 112 Å². The molecule has 0 bridgehead atoms. The van der Waals surface area contributed by atoms with E-state index in [-0.39, 0.29) is 36.2 Å². The van der Waals surface area contributed by atoms with Crippen LogP contribution < -0.4 is 10.0 Å². The van der Waals surface area contributed by atoms with Crippen LogP contribution in [-0.4, -0.2) is 61.2 Å². The molecular weight excluding hydrogens is 715 g/mol. The summed E-state index contributed by atoms with van der Waals surface area (Å²) in [5, 5.41) is 23.7. The van der Waals surface area contributed by atoms with E-state index < -0.39 is 34.4 Å². The van der Waals surface area contributed by atoms with Gasteiger partial charge in [-0.15, -0.1) is 0 Å². The second kappa shape index (κ2) is 18.3. The Morgan fingerprint density at radius 1 is 0.836 bits per heavy atom. The highest BCUT2D eigenvalue weighted by atomic mass is 32.2. The monoisotopic (exact) mass is 763 g/mol. The number of carbonyl (C=O) groups excluding carboxylic acids is 1. The van der Waals surface area contributed by atoms with Crippen LogP contribution in [-0.2, 0) is 37.3 Å². The molecule has 10 nitrogen and oxygen atoms in total. The van der Waals surface area contributed by atoms with Crippen LogP contribution in [0.1, 0.15) is 65.2 Å². The number of amides is 1. The third-order valence-corrected chi connectivity index (χ3v) is 11.5. The Labute approximate surface area is 323 Å². The Bertz CT molecular complexity index is 2100. The van der Waals surface area contributed by atoms with Crippen molar-refractivity contribution in [1.82, 2.24) is 9.62 Å². The Morgan fingerprint density at radius 2 is 1.51 bits per heavy atom. The molecule has 55 heavy (non-hydrogen) atoms. The number of hydrogen-bond acceptors (Lipinski definition) is 8. The number of likely N-dealkylation sites (N-methyl/N-ethyl adjacent to an activating group) is 1. The Morgan fingerprint density at radius 3 is 2.18 bits per heavy atom. The SMILES string of the molecule is Cc1ccc(S(=O)(=O)N[C@H](Cc2ccccc2)C(=O)Nc2cccc([C@H]3O[C@@H](CN(C)[C@H](C)[C@@H](O)c4ccccc4)C[C@@H](c4ccc(CO)cc4)O3)c2)cc1. The van der Waals surface area contributed by atoms with Crippen molar-refractivity contribution in [1.29, 1.82) is 0 Å². The number of aryl methyl sites for hydroxylation is 1. The van der Waals surface area contributed by atoms with E-state index in [2.05, 4.69) is 14.9 Å². The lowest BCUT2D eigenvalue weighted by molar-refractivity contribution is -0.253. The predicted octanol–water partition coefficient (Wildman–Crippen LogP) is 6.61. The van der Waals surface area contributed by atoms with Crippen LogP contribution in [0, 0.1) is 6.92 Å². The highest BCUT2D eigenvalue weighted by molar-refractivity contribution is 7.89. The van der Waals surface area contributed by atoms with E-state index in [1.165, 1.54) is 12.1 Å². The molecule has 1 fully saturated rings. The number of ether oxygens (including phenoxy) is 2. The van der Waals surface area contributed by atoms with Gasteiger partial charge in [0.15, 0.2) is 6.29 Å². The fraction of sp³-hybridized carbons (Fsp3) is 0.295. The summed E-state index contributed by atoms with van der Waals surface area (Å²) in [4.78, 5) is 16.1. The van der Waals surface area contributed by atoms with Crippen molar-refractivity contribution in [3.8, 4) is 0 Å². The standard InChI is InChI=1S/C44H49N3O7S/c1-30-17-23-39(24-18-30)55(51,52)46-40(25-32-11-6-4-7-12-32)43(50)45-37-16-10-15-36(26-37)44-53-38(27-41(54-44)34-21-19-33(29-48)20-22-34)28-47(3)31(2)42(49)35-13-8-5-9-14-35/h4-24,26,31,38,40-42,44,46,48-49H,25,27-29H2,1-3H3,(H,45,50)/t31-,38-,40-,41+,42-,44+/m1/s1. The maximum absolute atomic E-state index is 13.9. The van der Waals surface area contributed by atoms with Gasteiger partial charge in [-0.05, 0) is 73.8 Å². The van der Waals surface area contributed by atoms with Gasteiger partial charge in [0.05, 0.1) is 29.8 Å². The molecule has 11 heteroatoms. The molecule has 6 rings (SSSR count). The lowest BCUT2D eigenvalue weighted by Gasteiger charge is -2.39. The van der Waals surface area contributed by atoms with Crippen LogP contribution >= 0.6 is 0 Å². The van der Waals surface area contributed by atoms with Crippen molar-refractivity contribution in [2.45, 2.75) is 74.9 Å². The Kier molecular flexibility index (Phi) is 13.3. The molecule has 0 unspecified atom stereocenters. The van der Waals surface area contributed by atoms with Crippen LogP contribution in [0.25, 0.3) is 0 Å². The van der Waals surface area contributed by atoms with Crippen molar-refractivity contribution in [2.24, 2.45) is 0 Å². The van der Waals surface area contributed by atoms with E-state index in [0.29, 0.717) is 24.2 Å². The first-order valence-electron chi connectivity index (χ1n) is 18.5. The number of nitrogens with one attached hydrogen (secondary N) is 2. The number of aliphatic hydroxyl groups is 2. The number of aliphatic hydroxyl groups excluding tert-OH is 2. The van der Waals surface area contributed by atoms with Gasteiger partial charge < -0.3 is 25.0 Å². The van der Waals surface area contributed by atoms with Gasteiger partial charge in [0.1, 0.15) is 6.04 Å². The number of anilines is 1. The van der Waals surface area contributed by atoms with Crippen LogP contribution in [0.15, 0.2) is 138 Å². The average Bonchev–Trinajstić information content (AvgIpc) is 3.20. The summed E-state index contributed by atoms with van der Waals surface area (Å²) in [7, 11) is -2.06. The maximum Gasteiger partial charge on any atom is 0.242 e. The van der Waals surface area contributed by atoms with Gasteiger partial charge in [0, 0.05) is 30.3 Å². The zero-order valence-corrected chi connectivity index (χ0v) is 32.1. The third-order valence-electron chi connectivity index (χ3n) is 10.1. The minimum absolute atomic E-state index is 0.0648. The fourth-order valence-corrected chi connectivity index (χ4v) is 7.89. The highest BCUT2D eigenvalue weighted by Gasteiger charge is 2.34. The molecule has 0 radical (unpaired) electrons. The Hall–Kier alpha value is -4.72. The largest absolute Gasteiger partial charge is 0.392 e. The summed E-state index contributed by atoms with van der Waals surface area (Å²) in [6, 6.07) is 38.8. The average molecular weight is 764 g/mol. The summed E-state index contributed by atoms with van der Waals surface area (Å²) < 4.78 is 42.7. The molecule has 5 aromatic rings. The number of rotatable bonds is 15. The van der Waals surface area contributed by atoms with E-state index >= 15 is 0 Å². The van der Waals surface area contributed by atoms with Crippen LogP contribution in [0.5, 0.6) is 0 Å². The summed E-state index contributed by atoms with van der Waals surface area (Å²) in [6.45, 7) is 4.30. The second-order valence-electron chi connectivity index (χ2n) is 14.2. The van der Waals surface area contributed by atoms with Crippen molar-refractivity contribution < 1.29 is 32.9 Å². The Balaban J connectivity index is 1.22. The van der Waals surface area contributed by atoms with E-state index in [9.17, 15) is 23.4 Å². The van der Waals surface area contributed by atoms with Crippen LogP contribution in [0.4, 0.5) is 5.69 Å². The number of benzene rings is 5. The normalized spacial score (nSPS) is 19.1. The molecule has 6 atom stereocenters. The third kappa shape index (κ3) is 10.5. The summed E-state index contributed by atoms with van der Waals surface area (Å²) >= 11 is 0. The topological polar surface area (TPSA) is 137 Å². The van der Waals surface area contributed by atoms with Gasteiger partial charge in [-0.1, -0.05) is 115 Å². The lowest BCUT2D eigenvalue weighted by atomic mass is 9.98. The lowest BCUT2D eigenvalue weighted by Crippen LogP contribution is -2.45. The minimum Gasteiger partial charge on any atom is -0.392 e.